The molecule has 3 aromatic rings. The normalized spacial score (nSPS) is 11.9. The number of hydrogen-bond acceptors (Lipinski definition) is 5. The van der Waals surface area contributed by atoms with Crippen LogP contribution in [0.15, 0.2) is 77.7 Å². The number of benzene rings is 3. The van der Waals surface area contributed by atoms with Crippen LogP contribution >= 0.6 is 11.6 Å². The fourth-order valence-corrected chi connectivity index (χ4v) is 4.76. The van der Waals surface area contributed by atoms with Crippen LogP contribution in [-0.2, 0) is 26.2 Å². The van der Waals surface area contributed by atoms with Gasteiger partial charge in [0.05, 0.1) is 4.90 Å². The third-order valence-corrected chi connectivity index (χ3v) is 7.50. The number of amides is 2. The van der Waals surface area contributed by atoms with Gasteiger partial charge in [-0.1, -0.05) is 37.1 Å². The van der Waals surface area contributed by atoms with Gasteiger partial charge in [-0.3, -0.25) is 14.3 Å². The highest BCUT2D eigenvalue weighted by Gasteiger charge is 2.26. The second-order valence-electron chi connectivity index (χ2n) is 8.84. The molecule has 39 heavy (non-hydrogen) atoms. The lowest BCUT2D eigenvalue weighted by Gasteiger charge is -2.28. The van der Waals surface area contributed by atoms with Crippen LogP contribution in [0.3, 0.4) is 0 Å². The van der Waals surface area contributed by atoms with Crippen LogP contribution in [-0.4, -0.2) is 44.3 Å². The number of halogens is 2. The second-order valence-corrected chi connectivity index (χ2v) is 11.0. The van der Waals surface area contributed by atoms with Gasteiger partial charge in [0.25, 0.3) is 15.9 Å². The number of anilines is 1. The van der Waals surface area contributed by atoms with Crippen molar-refractivity contribution in [2.75, 3.05) is 17.9 Å². The van der Waals surface area contributed by atoms with Gasteiger partial charge in [-0.15, -0.1) is 0 Å². The Balaban J connectivity index is 1.67. The molecule has 0 bridgehead atoms. The summed E-state index contributed by atoms with van der Waals surface area (Å²) in [5.41, 5.74) is 1.01. The Morgan fingerprint density at radius 1 is 1.00 bits per heavy atom. The molecule has 2 N–H and O–H groups in total. The number of carbonyl (C=O) groups excluding carboxylic acids is 2. The van der Waals surface area contributed by atoms with Crippen LogP contribution in [0.1, 0.15) is 32.3 Å². The Hall–Kier alpha value is -3.63. The Morgan fingerprint density at radius 2 is 1.64 bits per heavy atom. The minimum atomic E-state index is -3.91. The highest BCUT2D eigenvalue weighted by molar-refractivity contribution is 7.92. The van der Waals surface area contributed by atoms with Gasteiger partial charge >= 0.3 is 0 Å². The van der Waals surface area contributed by atoms with Crippen molar-refractivity contribution in [3.8, 4) is 5.75 Å². The molecule has 0 radical (unpaired) electrons. The average molecular weight is 576 g/mol. The lowest BCUT2D eigenvalue weighted by molar-refractivity contribution is -0.142. The van der Waals surface area contributed by atoms with Crippen molar-refractivity contribution in [2.45, 2.75) is 44.2 Å². The summed E-state index contributed by atoms with van der Waals surface area (Å²) in [6.07, 6.45) is 1.76. The number of sulfonamides is 1. The van der Waals surface area contributed by atoms with Crippen LogP contribution in [0.4, 0.5) is 10.1 Å². The molecule has 0 aliphatic rings. The highest BCUT2D eigenvalue weighted by atomic mass is 35.5. The lowest BCUT2D eigenvalue weighted by Crippen LogP contribution is -2.49. The van der Waals surface area contributed by atoms with Crippen molar-refractivity contribution in [2.24, 2.45) is 0 Å². The van der Waals surface area contributed by atoms with Crippen LogP contribution < -0.4 is 14.8 Å². The van der Waals surface area contributed by atoms with E-state index in [2.05, 4.69) is 10.0 Å². The van der Waals surface area contributed by atoms with E-state index in [1.165, 1.54) is 41.3 Å². The molecule has 0 aliphatic heterocycles. The van der Waals surface area contributed by atoms with E-state index in [0.29, 0.717) is 11.6 Å². The first-order valence-electron chi connectivity index (χ1n) is 12.4. The third-order valence-electron chi connectivity index (χ3n) is 5.86. The highest BCUT2D eigenvalue weighted by Crippen LogP contribution is 2.20. The molecule has 1 atom stereocenters. The largest absolute Gasteiger partial charge is 0.484 e. The van der Waals surface area contributed by atoms with Crippen molar-refractivity contribution in [3.05, 3.63) is 89.2 Å². The molecule has 0 aliphatic carbocycles. The fourth-order valence-electron chi connectivity index (χ4n) is 3.58. The van der Waals surface area contributed by atoms with E-state index in [-0.39, 0.29) is 35.4 Å². The molecule has 0 saturated carbocycles. The van der Waals surface area contributed by atoms with E-state index < -0.39 is 27.8 Å². The average Bonchev–Trinajstić information content (AvgIpc) is 2.92. The molecule has 0 fully saturated rings. The molecule has 8 nitrogen and oxygen atoms in total. The Morgan fingerprint density at radius 3 is 2.26 bits per heavy atom. The number of carbonyl (C=O) groups is 2. The van der Waals surface area contributed by atoms with Gasteiger partial charge in [-0.05, 0) is 79.6 Å². The zero-order valence-corrected chi connectivity index (χ0v) is 23.3. The maximum atomic E-state index is 13.2. The summed E-state index contributed by atoms with van der Waals surface area (Å²) >= 11 is 5.98. The molecule has 11 heteroatoms. The molecule has 2 amide bonds. The summed E-state index contributed by atoms with van der Waals surface area (Å²) < 4.78 is 46.4. The summed E-state index contributed by atoms with van der Waals surface area (Å²) in [5, 5.41) is 3.41. The van der Waals surface area contributed by atoms with E-state index in [1.807, 2.05) is 6.92 Å². The molecule has 0 spiro atoms. The molecule has 0 saturated heterocycles. The van der Waals surface area contributed by atoms with E-state index in [4.69, 9.17) is 16.3 Å². The Bertz CT molecular complexity index is 1350. The van der Waals surface area contributed by atoms with Gasteiger partial charge in [0.1, 0.15) is 17.6 Å². The van der Waals surface area contributed by atoms with Crippen LogP contribution in [0, 0.1) is 5.82 Å². The molecular weight excluding hydrogens is 545 g/mol. The van der Waals surface area contributed by atoms with E-state index >= 15 is 0 Å². The number of hydrogen-bond donors (Lipinski definition) is 2. The lowest BCUT2D eigenvalue weighted by atomic mass is 10.1. The fraction of sp³-hybridized carbons (Fsp3) is 0.286. The summed E-state index contributed by atoms with van der Waals surface area (Å²) in [6.45, 7) is 4.01. The number of unbranched alkanes of at least 4 members (excludes halogenated alkanes) is 1. The minimum absolute atomic E-state index is 0.0350. The smallest absolute Gasteiger partial charge is 0.261 e. The monoisotopic (exact) mass is 575 g/mol. The zero-order chi connectivity index (χ0) is 28.4. The quantitative estimate of drug-likeness (QED) is 0.279. The first kappa shape index (κ1) is 29.9. The number of nitrogens with zero attached hydrogens (tertiary/aromatic N) is 1. The first-order chi connectivity index (χ1) is 18.6. The predicted octanol–water partition coefficient (Wildman–Crippen LogP) is 4.99. The number of ether oxygens (including phenoxy) is 1. The van der Waals surface area contributed by atoms with E-state index in [1.54, 1.807) is 31.2 Å². The number of nitrogens with one attached hydrogen (secondary N) is 2. The van der Waals surface area contributed by atoms with Crippen LogP contribution in [0.2, 0.25) is 5.02 Å². The van der Waals surface area contributed by atoms with Gasteiger partial charge in [-0.25, -0.2) is 12.8 Å². The van der Waals surface area contributed by atoms with Gasteiger partial charge in [0.15, 0.2) is 6.61 Å². The van der Waals surface area contributed by atoms with Gasteiger partial charge < -0.3 is 15.0 Å². The summed E-state index contributed by atoms with van der Waals surface area (Å²) in [5.74, 6) is -0.894. The van der Waals surface area contributed by atoms with Crippen molar-refractivity contribution < 1.29 is 27.1 Å². The number of rotatable bonds is 13. The van der Waals surface area contributed by atoms with Gasteiger partial charge in [-0.2, -0.15) is 0 Å². The first-order valence-corrected chi connectivity index (χ1v) is 14.3. The molecule has 0 heterocycles. The van der Waals surface area contributed by atoms with Crippen molar-refractivity contribution in [1.82, 2.24) is 10.2 Å². The van der Waals surface area contributed by atoms with Crippen molar-refractivity contribution in [1.29, 1.82) is 0 Å². The Kier molecular flexibility index (Phi) is 10.7. The molecule has 0 aromatic heterocycles. The second kappa shape index (κ2) is 14.0. The van der Waals surface area contributed by atoms with Crippen LogP contribution in [0.5, 0.6) is 5.75 Å². The molecule has 0 unspecified atom stereocenters. The van der Waals surface area contributed by atoms with E-state index in [0.717, 1.165) is 30.5 Å². The predicted molar refractivity (Wildman–Crippen MR) is 149 cm³/mol. The molecule has 3 rings (SSSR count). The molecule has 3 aromatic carbocycles. The zero-order valence-electron chi connectivity index (χ0n) is 21.7. The Labute approximate surface area is 233 Å². The standard InChI is InChI=1S/C28H31ClFN3O5S/c1-3-4-17-31-28(35)20(2)33(18-21-5-7-22(29)8-6-21)27(34)19-38-25-13-15-26(16-14-25)39(36,37)32-24-11-9-23(30)10-12-24/h5-16,20,32H,3-4,17-19H2,1-2H3,(H,31,35)/t20-/m1/s1. The summed E-state index contributed by atoms with van der Waals surface area (Å²) in [4.78, 5) is 27.3. The SMILES string of the molecule is CCCCNC(=O)[C@@H](C)N(Cc1ccc(Cl)cc1)C(=O)COc1ccc(S(=O)(=O)Nc2ccc(F)cc2)cc1. The summed E-state index contributed by atoms with van der Waals surface area (Å²) in [6, 6.07) is 16.7. The summed E-state index contributed by atoms with van der Waals surface area (Å²) in [7, 11) is -3.91. The maximum absolute atomic E-state index is 13.2. The van der Waals surface area contributed by atoms with Crippen LogP contribution in [0.25, 0.3) is 0 Å². The van der Waals surface area contributed by atoms with Crippen molar-refractivity contribution >= 4 is 39.1 Å². The van der Waals surface area contributed by atoms with Crippen molar-refractivity contribution in [3.63, 3.8) is 0 Å². The molecular formula is C28H31ClFN3O5S. The minimum Gasteiger partial charge on any atom is -0.484 e. The third kappa shape index (κ3) is 8.97. The topological polar surface area (TPSA) is 105 Å². The van der Waals surface area contributed by atoms with E-state index in [9.17, 15) is 22.4 Å². The molecule has 208 valence electrons. The maximum Gasteiger partial charge on any atom is 0.261 e. The van der Waals surface area contributed by atoms with Gasteiger partial charge in [0, 0.05) is 23.8 Å². The van der Waals surface area contributed by atoms with Gasteiger partial charge in [0.2, 0.25) is 5.91 Å².